The van der Waals surface area contributed by atoms with E-state index in [-0.39, 0.29) is 5.91 Å². The van der Waals surface area contributed by atoms with Gasteiger partial charge in [0.05, 0.1) is 20.4 Å². The number of halogens is 1. The lowest BCUT2D eigenvalue weighted by Crippen LogP contribution is -2.49. The summed E-state index contributed by atoms with van der Waals surface area (Å²) in [5.74, 6) is 0.875. The fourth-order valence-electron chi connectivity index (χ4n) is 6.02. The van der Waals surface area contributed by atoms with E-state index in [0.717, 1.165) is 59.7 Å². The highest BCUT2D eigenvalue weighted by molar-refractivity contribution is 7.91. The molecule has 2 fully saturated rings. The average Bonchev–Trinajstić information content (AvgIpc) is 2.95. The quantitative estimate of drug-likeness (QED) is 0.407. The van der Waals surface area contributed by atoms with Crippen LogP contribution in [-0.4, -0.2) is 76.6 Å². The Bertz CT molecular complexity index is 1550. The third kappa shape index (κ3) is 6.13. The van der Waals surface area contributed by atoms with Gasteiger partial charge in [-0.15, -0.1) is 0 Å². The Balaban J connectivity index is 1.27. The van der Waals surface area contributed by atoms with Gasteiger partial charge < -0.3 is 20.0 Å². The van der Waals surface area contributed by atoms with Gasteiger partial charge >= 0.3 is 0 Å². The third-order valence-electron chi connectivity index (χ3n) is 8.10. The van der Waals surface area contributed by atoms with E-state index in [0.29, 0.717) is 48.0 Å². The summed E-state index contributed by atoms with van der Waals surface area (Å²) in [5.41, 5.74) is 5.62. The van der Waals surface area contributed by atoms with Crippen molar-refractivity contribution in [3.8, 4) is 0 Å². The molecule has 1 aromatic carbocycles. The lowest BCUT2D eigenvalue weighted by atomic mass is 9.94. The number of benzene rings is 1. The van der Waals surface area contributed by atoms with Crippen LogP contribution >= 0.6 is 11.6 Å². The van der Waals surface area contributed by atoms with Gasteiger partial charge in [-0.3, -0.25) is 4.79 Å². The van der Waals surface area contributed by atoms with Crippen LogP contribution in [0.3, 0.4) is 0 Å². The standard InChI is InChI=1S/C30H38ClN7O2S/c1-20-19-21(2)27(35-23-9-13-37(14-10-23)28-24(31)7-5-11-33-28)22(3)26(20)30(39)38-17-15-36(16-18-38)25-8-6-12-34-29(25)41(4,32)40/h5-8,11-12,19,23,32,35H,9-10,13-18H2,1-4H3. The summed E-state index contributed by atoms with van der Waals surface area (Å²) in [6.45, 7) is 10.1. The molecule has 4 heterocycles. The molecule has 3 aromatic rings. The van der Waals surface area contributed by atoms with Crippen molar-refractivity contribution in [2.45, 2.75) is 44.7 Å². The first-order valence-corrected chi connectivity index (χ1v) is 16.3. The molecule has 41 heavy (non-hydrogen) atoms. The van der Waals surface area contributed by atoms with Crippen molar-refractivity contribution in [1.82, 2.24) is 14.9 Å². The molecule has 5 rings (SSSR count). The van der Waals surface area contributed by atoms with Crippen LogP contribution in [0.15, 0.2) is 47.8 Å². The molecule has 2 aliphatic rings. The topological polar surface area (TPSA) is 106 Å². The minimum absolute atomic E-state index is 0.0357. The smallest absolute Gasteiger partial charge is 0.254 e. The van der Waals surface area contributed by atoms with Gasteiger partial charge in [-0.2, -0.15) is 0 Å². The number of pyridine rings is 2. The number of hydrogen-bond donors (Lipinski definition) is 2. The van der Waals surface area contributed by atoms with Crippen LogP contribution < -0.4 is 15.1 Å². The number of nitrogens with zero attached hydrogens (tertiary/aromatic N) is 5. The normalized spacial score (nSPS) is 17.8. The molecular weight excluding hydrogens is 558 g/mol. The highest BCUT2D eigenvalue weighted by atomic mass is 35.5. The number of hydrogen-bond acceptors (Lipinski definition) is 8. The van der Waals surface area contributed by atoms with Gasteiger partial charge in [-0.05, 0) is 74.6 Å². The minimum atomic E-state index is -2.96. The second-order valence-electron chi connectivity index (χ2n) is 11.1. The Labute approximate surface area is 247 Å². The van der Waals surface area contributed by atoms with Gasteiger partial charge in [0.25, 0.3) is 5.91 Å². The van der Waals surface area contributed by atoms with Crippen molar-refractivity contribution >= 4 is 44.4 Å². The molecule has 2 saturated heterocycles. The minimum Gasteiger partial charge on any atom is -0.382 e. The monoisotopic (exact) mass is 595 g/mol. The van der Waals surface area contributed by atoms with Gasteiger partial charge in [-0.1, -0.05) is 17.7 Å². The van der Waals surface area contributed by atoms with Crippen LogP contribution in [0.25, 0.3) is 0 Å². The maximum atomic E-state index is 13.9. The second-order valence-corrected chi connectivity index (χ2v) is 13.5. The number of amides is 1. The maximum absolute atomic E-state index is 13.9. The zero-order chi connectivity index (χ0) is 29.3. The third-order valence-corrected chi connectivity index (χ3v) is 9.44. The van der Waals surface area contributed by atoms with Crippen molar-refractivity contribution in [1.29, 1.82) is 4.78 Å². The van der Waals surface area contributed by atoms with E-state index in [4.69, 9.17) is 16.4 Å². The number of carbonyl (C=O) groups excluding carboxylic acids is 1. The van der Waals surface area contributed by atoms with Crippen molar-refractivity contribution in [2.24, 2.45) is 0 Å². The second kappa shape index (κ2) is 11.9. The van der Waals surface area contributed by atoms with E-state index in [9.17, 15) is 9.00 Å². The molecule has 1 unspecified atom stereocenters. The number of anilines is 3. The van der Waals surface area contributed by atoms with Crippen LogP contribution in [0.4, 0.5) is 17.2 Å². The number of carbonyl (C=O) groups is 1. The molecular formula is C30H38ClN7O2S. The van der Waals surface area contributed by atoms with Crippen LogP contribution in [0, 0.1) is 25.6 Å². The highest BCUT2D eigenvalue weighted by Crippen LogP contribution is 2.32. The molecule has 0 aliphatic carbocycles. The van der Waals surface area contributed by atoms with Gasteiger partial charge in [0.15, 0.2) is 5.03 Å². The molecule has 9 nitrogen and oxygen atoms in total. The molecule has 0 saturated carbocycles. The number of rotatable bonds is 6. The number of piperazine rings is 1. The van der Waals surface area contributed by atoms with E-state index < -0.39 is 9.73 Å². The predicted octanol–water partition coefficient (Wildman–Crippen LogP) is 5.13. The Morgan fingerprint density at radius 3 is 2.29 bits per heavy atom. The Hall–Kier alpha value is -3.37. The summed E-state index contributed by atoms with van der Waals surface area (Å²) in [6, 6.07) is 9.78. The number of nitrogens with one attached hydrogen (secondary N) is 2. The van der Waals surface area contributed by atoms with E-state index in [2.05, 4.69) is 38.1 Å². The molecule has 2 aliphatic heterocycles. The molecule has 2 aromatic heterocycles. The van der Waals surface area contributed by atoms with Crippen LogP contribution in [0.2, 0.25) is 5.02 Å². The van der Waals surface area contributed by atoms with Gasteiger partial charge in [0.2, 0.25) is 0 Å². The lowest BCUT2D eigenvalue weighted by Gasteiger charge is -2.37. The Kier molecular flexibility index (Phi) is 8.42. The molecule has 1 atom stereocenters. The highest BCUT2D eigenvalue weighted by Gasteiger charge is 2.29. The maximum Gasteiger partial charge on any atom is 0.254 e. The molecule has 11 heteroatoms. The first kappa shape index (κ1) is 29.1. The summed E-state index contributed by atoms with van der Waals surface area (Å²) in [6.07, 6.45) is 6.64. The average molecular weight is 596 g/mol. The fourth-order valence-corrected chi connectivity index (χ4v) is 7.12. The van der Waals surface area contributed by atoms with E-state index >= 15 is 0 Å². The Morgan fingerprint density at radius 1 is 0.976 bits per heavy atom. The van der Waals surface area contributed by atoms with Crippen molar-refractivity contribution < 1.29 is 9.00 Å². The van der Waals surface area contributed by atoms with E-state index in [1.54, 1.807) is 18.5 Å². The fraction of sp³-hybridized carbons (Fsp3) is 0.433. The van der Waals surface area contributed by atoms with Crippen LogP contribution in [0.1, 0.15) is 39.9 Å². The summed E-state index contributed by atoms with van der Waals surface area (Å²) in [4.78, 5) is 28.8. The Morgan fingerprint density at radius 2 is 1.63 bits per heavy atom. The van der Waals surface area contributed by atoms with Gasteiger partial charge in [-0.25, -0.2) is 19.0 Å². The predicted molar refractivity (Wildman–Crippen MR) is 166 cm³/mol. The number of piperidine rings is 1. The zero-order valence-electron chi connectivity index (χ0n) is 24.1. The van der Waals surface area contributed by atoms with Gasteiger partial charge in [0.1, 0.15) is 5.82 Å². The summed E-state index contributed by atoms with van der Waals surface area (Å²) >= 11 is 6.37. The first-order valence-electron chi connectivity index (χ1n) is 14.0. The summed E-state index contributed by atoms with van der Waals surface area (Å²) in [7, 11) is -2.96. The van der Waals surface area contributed by atoms with Crippen molar-refractivity contribution in [3.05, 3.63) is 70.0 Å². The number of aromatic nitrogens is 2. The SMILES string of the molecule is Cc1cc(C)c(C(=O)N2CCN(c3cccnc3S(C)(=N)=O)CC2)c(C)c1NC1CCN(c2ncccc2Cl)CC1. The molecule has 0 spiro atoms. The molecule has 0 radical (unpaired) electrons. The van der Waals surface area contributed by atoms with Gasteiger partial charge in [0, 0.05) is 75.2 Å². The molecule has 2 N–H and O–H groups in total. The van der Waals surface area contributed by atoms with Crippen LogP contribution in [0.5, 0.6) is 0 Å². The summed E-state index contributed by atoms with van der Waals surface area (Å²) < 4.78 is 20.5. The first-order chi connectivity index (χ1) is 19.5. The lowest BCUT2D eigenvalue weighted by molar-refractivity contribution is 0.0745. The van der Waals surface area contributed by atoms with Crippen LogP contribution in [-0.2, 0) is 9.73 Å². The number of aryl methyl sites for hydroxylation is 2. The van der Waals surface area contributed by atoms with Crippen molar-refractivity contribution in [3.63, 3.8) is 0 Å². The molecule has 0 bridgehead atoms. The molecule has 1 amide bonds. The van der Waals surface area contributed by atoms with E-state index in [1.807, 2.05) is 36.9 Å². The zero-order valence-corrected chi connectivity index (χ0v) is 25.7. The molecule has 218 valence electrons. The van der Waals surface area contributed by atoms with Crippen molar-refractivity contribution in [2.75, 3.05) is 60.6 Å². The largest absolute Gasteiger partial charge is 0.382 e. The summed E-state index contributed by atoms with van der Waals surface area (Å²) in [5, 5.41) is 4.74. The van der Waals surface area contributed by atoms with E-state index in [1.165, 1.54) is 6.26 Å².